The molecule has 1 amide bonds. The molecule has 2 N–H and O–H groups in total. The Hall–Kier alpha value is -0.610. The maximum absolute atomic E-state index is 12.3. The highest BCUT2D eigenvalue weighted by atomic mass is 16.3. The molecular weight excluding hydrogens is 288 g/mol. The zero-order valence-corrected chi connectivity index (χ0v) is 15.3. The summed E-state index contributed by atoms with van der Waals surface area (Å²) in [7, 11) is 0. The molecule has 1 aliphatic carbocycles. The van der Waals surface area contributed by atoms with E-state index in [9.17, 15) is 9.90 Å². The van der Waals surface area contributed by atoms with E-state index in [1.807, 2.05) is 0 Å². The minimum Gasteiger partial charge on any atom is -0.391 e. The van der Waals surface area contributed by atoms with Crippen LogP contribution in [0.3, 0.4) is 0 Å². The van der Waals surface area contributed by atoms with Crippen molar-refractivity contribution in [3.05, 3.63) is 0 Å². The molecule has 2 fully saturated rings. The molecule has 0 unspecified atom stereocenters. The smallest absolute Gasteiger partial charge is 0.234 e. The van der Waals surface area contributed by atoms with E-state index >= 15 is 0 Å². The van der Waals surface area contributed by atoms with Crippen LogP contribution in [0.1, 0.15) is 72.1 Å². The summed E-state index contributed by atoms with van der Waals surface area (Å²) in [4.78, 5) is 14.4. The van der Waals surface area contributed by atoms with Gasteiger partial charge >= 0.3 is 0 Å². The number of β-amino-alcohol motifs (C(OH)–C–C–N with tert-alkyl or cyclic N) is 1. The van der Waals surface area contributed by atoms with Gasteiger partial charge in [0.25, 0.3) is 0 Å². The molecule has 0 aromatic heterocycles. The van der Waals surface area contributed by atoms with Crippen LogP contribution in [0.15, 0.2) is 0 Å². The Bertz CT molecular complexity index is 370. The minimum atomic E-state index is -0.321. The van der Waals surface area contributed by atoms with Crippen LogP contribution >= 0.6 is 0 Å². The Kier molecular flexibility index (Phi) is 6.90. The Morgan fingerprint density at radius 3 is 2.26 bits per heavy atom. The fourth-order valence-electron chi connectivity index (χ4n) is 4.23. The van der Waals surface area contributed by atoms with E-state index in [0.717, 1.165) is 25.8 Å². The van der Waals surface area contributed by atoms with E-state index in [0.29, 0.717) is 25.0 Å². The molecule has 1 saturated carbocycles. The van der Waals surface area contributed by atoms with E-state index in [1.165, 1.54) is 32.1 Å². The zero-order chi connectivity index (χ0) is 16.9. The number of hydrogen-bond acceptors (Lipinski definition) is 3. The lowest BCUT2D eigenvalue weighted by atomic mass is 9.74. The molecule has 2 atom stereocenters. The Balaban J connectivity index is 1.75. The number of hydrogen-bond donors (Lipinski definition) is 2. The van der Waals surface area contributed by atoms with Crippen molar-refractivity contribution in [3.63, 3.8) is 0 Å². The predicted molar refractivity (Wildman–Crippen MR) is 94.3 cm³/mol. The first-order valence-corrected chi connectivity index (χ1v) is 9.56. The standard InChI is InChI=1S/C19H36N2O2/c1-19(2,3)16-11-12-21(13-17(16)22)14-18(23)20-15-9-7-5-4-6-8-10-15/h15-17,22H,4-14H2,1-3H3,(H,20,23)/t16-,17-/m1/s1. The summed E-state index contributed by atoms with van der Waals surface area (Å²) in [6, 6.07) is 0.361. The lowest BCUT2D eigenvalue weighted by Crippen LogP contribution is -2.51. The first kappa shape index (κ1) is 18.7. The van der Waals surface area contributed by atoms with Gasteiger partial charge in [-0.05, 0) is 37.1 Å². The van der Waals surface area contributed by atoms with E-state index in [4.69, 9.17) is 0 Å². The maximum atomic E-state index is 12.3. The zero-order valence-electron chi connectivity index (χ0n) is 15.3. The van der Waals surface area contributed by atoms with Gasteiger partial charge in [0, 0.05) is 12.6 Å². The summed E-state index contributed by atoms with van der Waals surface area (Å²) in [6.07, 6.45) is 9.33. The summed E-state index contributed by atoms with van der Waals surface area (Å²) < 4.78 is 0. The minimum absolute atomic E-state index is 0.132. The molecule has 2 aliphatic rings. The summed E-state index contributed by atoms with van der Waals surface area (Å²) in [5.41, 5.74) is 0.132. The van der Waals surface area contributed by atoms with Crippen molar-refractivity contribution < 1.29 is 9.90 Å². The quantitative estimate of drug-likeness (QED) is 0.839. The highest BCUT2D eigenvalue weighted by molar-refractivity contribution is 5.78. The van der Waals surface area contributed by atoms with Gasteiger partial charge in [0.2, 0.25) is 5.91 Å². The number of aliphatic hydroxyl groups is 1. The third kappa shape index (κ3) is 6.07. The molecule has 0 aromatic carbocycles. The van der Waals surface area contributed by atoms with Crippen LogP contribution < -0.4 is 5.32 Å². The number of carbonyl (C=O) groups excluding carboxylic acids is 1. The lowest BCUT2D eigenvalue weighted by Gasteiger charge is -2.42. The van der Waals surface area contributed by atoms with Crippen LogP contribution in [0.5, 0.6) is 0 Å². The van der Waals surface area contributed by atoms with E-state index in [1.54, 1.807) is 0 Å². The Labute approximate surface area is 142 Å². The second-order valence-corrected chi connectivity index (χ2v) is 8.67. The molecule has 0 bridgehead atoms. The van der Waals surface area contributed by atoms with Crippen molar-refractivity contribution in [1.29, 1.82) is 0 Å². The van der Waals surface area contributed by atoms with Gasteiger partial charge in [0.15, 0.2) is 0 Å². The molecule has 23 heavy (non-hydrogen) atoms. The molecule has 1 saturated heterocycles. The highest BCUT2D eigenvalue weighted by Gasteiger charge is 2.36. The van der Waals surface area contributed by atoms with Crippen molar-refractivity contribution in [2.75, 3.05) is 19.6 Å². The number of rotatable bonds is 3. The Morgan fingerprint density at radius 2 is 1.70 bits per heavy atom. The third-order valence-corrected chi connectivity index (χ3v) is 5.62. The molecule has 4 nitrogen and oxygen atoms in total. The largest absolute Gasteiger partial charge is 0.391 e. The second kappa shape index (κ2) is 8.48. The van der Waals surface area contributed by atoms with Crippen LogP contribution in [-0.2, 0) is 4.79 Å². The van der Waals surface area contributed by atoms with Gasteiger partial charge < -0.3 is 10.4 Å². The van der Waals surface area contributed by atoms with Crippen LogP contribution in [-0.4, -0.2) is 47.7 Å². The van der Waals surface area contributed by atoms with E-state index < -0.39 is 0 Å². The maximum Gasteiger partial charge on any atom is 0.234 e. The molecule has 0 aromatic rings. The fourth-order valence-corrected chi connectivity index (χ4v) is 4.23. The highest BCUT2D eigenvalue weighted by Crippen LogP contribution is 2.34. The molecule has 0 radical (unpaired) electrons. The molecular formula is C19H36N2O2. The number of aliphatic hydroxyl groups excluding tert-OH is 1. The van der Waals surface area contributed by atoms with Gasteiger partial charge in [-0.1, -0.05) is 52.9 Å². The second-order valence-electron chi connectivity index (χ2n) is 8.67. The lowest BCUT2D eigenvalue weighted by molar-refractivity contribution is -0.124. The van der Waals surface area contributed by atoms with Crippen molar-refractivity contribution in [2.45, 2.75) is 84.3 Å². The first-order chi connectivity index (χ1) is 10.9. The number of nitrogens with one attached hydrogen (secondary N) is 1. The predicted octanol–water partition coefficient (Wildman–Crippen LogP) is 2.94. The fraction of sp³-hybridized carbons (Fsp3) is 0.947. The number of carbonyl (C=O) groups is 1. The van der Waals surface area contributed by atoms with Gasteiger partial charge in [0.05, 0.1) is 12.6 Å². The molecule has 1 heterocycles. The van der Waals surface area contributed by atoms with Gasteiger partial charge in [-0.3, -0.25) is 9.69 Å². The number of piperidine rings is 1. The van der Waals surface area contributed by atoms with Gasteiger partial charge in [-0.25, -0.2) is 0 Å². The SMILES string of the molecule is CC(C)(C)[C@@H]1CCN(CC(=O)NC2CCCCCCC2)C[C@H]1O. The molecule has 0 spiro atoms. The summed E-state index contributed by atoms with van der Waals surface area (Å²) >= 11 is 0. The topological polar surface area (TPSA) is 52.6 Å². The molecule has 1 aliphatic heterocycles. The van der Waals surface area contributed by atoms with Gasteiger partial charge in [-0.2, -0.15) is 0 Å². The first-order valence-electron chi connectivity index (χ1n) is 9.56. The van der Waals surface area contributed by atoms with Crippen molar-refractivity contribution in [2.24, 2.45) is 11.3 Å². The molecule has 4 heteroatoms. The summed E-state index contributed by atoms with van der Waals surface area (Å²) in [5.74, 6) is 0.462. The van der Waals surface area contributed by atoms with Crippen molar-refractivity contribution in [3.8, 4) is 0 Å². The van der Waals surface area contributed by atoms with E-state index in [2.05, 4.69) is 31.0 Å². The Morgan fingerprint density at radius 1 is 1.09 bits per heavy atom. The number of amides is 1. The normalized spacial score (nSPS) is 28.9. The van der Waals surface area contributed by atoms with Crippen LogP contribution in [0, 0.1) is 11.3 Å². The van der Waals surface area contributed by atoms with Crippen molar-refractivity contribution in [1.82, 2.24) is 10.2 Å². The summed E-state index contributed by atoms with van der Waals surface area (Å²) in [5, 5.41) is 13.6. The van der Waals surface area contributed by atoms with Gasteiger partial charge in [0.1, 0.15) is 0 Å². The monoisotopic (exact) mass is 324 g/mol. The third-order valence-electron chi connectivity index (χ3n) is 5.62. The van der Waals surface area contributed by atoms with Crippen LogP contribution in [0.25, 0.3) is 0 Å². The number of likely N-dealkylation sites (tertiary alicyclic amines) is 1. The summed E-state index contributed by atoms with van der Waals surface area (Å²) in [6.45, 7) is 8.55. The average molecular weight is 325 g/mol. The van der Waals surface area contributed by atoms with Crippen LogP contribution in [0.4, 0.5) is 0 Å². The van der Waals surface area contributed by atoms with Crippen LogP contribution in [0.2, 0.25) is 0 Å². The average Bonchev–Trinajstić information content (AvgIpc) is 2.40. The van der Waals surface area contributed by atoms with Gasteiger partial charge in [-0.15, -0.1) is 0 Å². The molecule has 134 valence electrons. The number of nitrogens with zero attached hydrogens (tertiary/aromatic N) is 1. The molecule has 2 rings (SSSR count). The van der Waals surface area contributed by atoms with E-state index in [-0.39, 0.29) is 17.4 Å². The van der Waals surface area contributed by atoms with Crippen molar-refractivity contribution >= 4 is 5.91 Å².